The summed E-state index contributed by atoms with van der Waals surface area (Å²) < 4.78 is 41.1. The van der Waals surface area contributed by atoms with Crippen LogP contribution in [0.25, 0.3) is 10.2 Å². The van der Waals surface area contributed by atoms with Gasteiger partial charge in [0.05, 0.1) is 27.4 Å². The second kappa shape index (κ2) is 8.99. The maximum absolute atomic E-state index is 13.7. The molecule has 170 valence electrons. The van der Waals surface area contributed by atoms with E-state index in [0.29, 0.717) is 26.2 Å². The first-order chi connectivity index (χ1) is 14.5. The van der Waals surface area contributed by atoms with Gasteiger partial charge in [0.25, 0.3) is 5.91 Å². The molecule has 3 heterocycles. The van der Waals surface area contributed by atoms with Crippen molar-refractivity contribution >= 4 is 39.2 Å². The maximum atomic E-state index is 13.7. The van der Waals surface area contributed by atoms with Crippen molar-refractivity contribution in [3.63, 3.8) is 0 Å². The van der Waals surface area contributed by atoms with Crippen molar-refractivity contribution in [2.45, 2.75) is 39.0 Å². The van der Waals surface area contributed by atoms with Crippen LogP contribution in [0.3, 0.4) is 0 Å². The van der Waals surface area contributed by atoms with Crippen LogP contribution in [0.15, 0.2) is 11.4 Å². The van der Waals surface area contributed by atoms with E-state index in [1.165, 1.54) is 12.4 Å². The molecular weight excluding hydrogens is 431 g/mol. The lowest BCUT2D eigenvalue weighted by molar-refractivity contribution is -0.136. The van der Waals surface area contributed by atoms with Crippen molar-refractivity contribution in [1.82, 2.24) is 20.5 Å². The Bertz CT molecular complexity index is 968. The van der Waals surface area contributed by atoms with Crippen molar-refractivity contribution in [3.05, 3.63) is 22.6 Å². The van der Waals surface area contributed by atoms with Crippen LogP contribution >= 0.6 is 11.3 Å². The number of alkyl halides is 3. The normalized spacial score (nSPS) is 16.6. The van der Waals surface area contributed by atoms with Gasteiger partial charge in [-0.25, -0.2) is 4.98 Å². The number of amides is 2. The van der Waals surface area contributed by atoms with E-state index in [1.54, 1.807) is 4.90 Å². The van der Waals surface area contributed by atoms with Crippen molar-refractivity contribution in [1.29, 1.82) is 0 Å². The zero-order chi connectivity index (χ0) is 22.9. The van der Waals surface area contributed by atoms with Gasteiger partial charge in [-0.15, -0.1) is 11.3 Å². The highest BCUT2D eigenvalue weighted by Gasteiger charge is 2.36. The number of anilines is 1. The number of pyridine rings is 1. The molecule has 0 saturated carbocycles. The molecule has 1 atom stereocenters. The van der Waals surface area contributed by atoms with Gasteiger partial charge in [-0.05, 0) is 26.8 Å². The molecule has 2 amide bonds. The maximum Gasteiger partial charge on any atom is 0.417 e. The van der Waals surface area contributed by atoms with Crippen LogP contribution in [0.4, 0.5) is 19.0 Å². The van der Waals surface area contributed by atoms with Gasteiger partial charge >= 0.3 is 6.18 Å². The van der Waals surface area contributed by atoms with E-state index in [0.717, 1.165) is 17.4 Å². The second-order valence-electron chi connectivity index (χ2n) is 7.79. The fraction of sp³-hybridized carbons (Fsp3) is 0.550. The van der Waals surface area contributed by atoms with Crippen LogP contribution < -0.4 is 15.5 Å². The van der Waals surface area contributed by atoms with Gasteiger partial charge in [-0.1, -0.05) is 0 Å². The molecule has 2 N–H and O–H groups in total. The fourth-order valence-corrected chi connectivity index (χ4v) is 4.60. The average Bonchev–Trinajstić information content (AvgIpc) is 3.14. The Morgan fingerprint density at radius 1 is 1.16 bits per heavy atom. The van der Waals surface area contributed by atoms with Crippen LogP contribution in [-0.4, -0.2) is 67.0 Å². The van der Waals surface area contributed by atoms with E-state index in [1.807, 2.05) is 25.7 Å². The minimum Gasteiger partial charge on any atom is -0.355 e. The van der Waals surface area contributed by atoms with Crippen LogP contribution in [0, 0.1) is 0 Å². The predicted molar refractivity (Wildman–Crippen MR) is 115 cm³/mol. The van der Waals surface area contributed by atoms with E-state index < -0.39 is 17.6 Å². The predicted octanol–water partition coefficient (Wildman–Crippen LogP) is 2.71. The monoisotopic (exact) mass is 457 g/mol. The SMILES string of the molecule is CNC(=O)c1csc2c(C(F)(F)F)cc(N3CCN([C@@H](C)C(=O)NC(C)C)CC3)nc12. The van der Waals surface area contributed by atoms with Crippen molar-refractivity contribution in [2.24, 2.45) is 0 Å². The number of rotatable bonds is 5. The number of fused-ring (bicyclic) bond motifs is 1. The highest BCUT2D eigenvalue weighted by molar-refractivity contribution is 7.17. The van der Waals surface area contributed by atoms with Gasteiger partial charge in [0.2, 0.25) is 5.91 Å². The van der Waals surface area contributed by atoms with Crippen LogP contribution in [0.2, 0.25) is 0 Å². The number of carbonyl (C=O) groups is 2. The van der Waals surface area contributed by atoms with Crippen LogP contribution in [0.5, 0.6) is 0 Å². The standard InChI is InChI=1S/C20H26F3N5O2S/c1-11(2)25-18(29)12(3)27-5-7-28(8-6-27)15-9-14(20(21,22)23)17-16(26-15)13(10-31-17)19(30)24-4/h9-12H,5-8H2,1-4H3,(H,24,30)(H,25,29)/t12-/m0/s1. The lowest BCUT2D eigenvalue weighted by Crippen LogP contribution is -2.54. The Balaban J connectivity index is 1.86. The first kappa shape index (κ1) is 23.3. The van der Waals surface area contributed by atoms with Crippen molar-refractivity contribution < 1.29 is 22.8 Å². The van der Waals surface area contributed by atoms with Gasteiger partial charge in [-0.3, -0.25) is 14.5 Å². The quantitative estimate of drug-likeness (QED) is 0.722. The van der Waals surface area contributed by atoms with Gasteiger partial charge in [-0.2, -0.15) is 13.2 Å². The Kier molecular flexibility index (Phi) is 6.75. The van der Waals surface area contributed by atoms with Crippen molar-refractivity contribution in [3.8, 4) is 0 Å². The van der Waals surface area contributed by atoms with Crippen molar-refractivity contribution in [2.75, 3.05) is 38.1 Å². The molecule has 0 bridgehead atoms. The molecule has 1 aliphatic rings. The number of piperazine rings is 1. The molecule has 0 aliphatic carbocycles. The molecule has 31 heavy (non-hydrogen) atoms. The molecule has 2 aromatic heterocycles. The molecule has 0 unspecified atom stereocenters. The Hall–Kier alpha value is -2.40. The first-order valence-electron chi connectivity index (χ1n) is 10.0. The molecule has 7 nitrogen and oxygen atoms in total. The third-order valence-electron chi connectivity index (χ3n) is 5.28. The van der Waals surface area contributed by atoms with E-state index in [-0.39, 0.29) is 39.6 Å². The van der Waals surface area contributed by atoms with Gasteiger partial charge in [0.15, 0.2) is 0 Å². The number of aromatic nitrogens is 1. The number of halogens is 3. The third-order valence-corrected chi connectivity index (χ3v) is 6.29. The highest BCUT2D eigenvalue weighted by Crippen LogP contribution is 2.40. The minimum atomic E-state index is -4.56. The summed E-state index contributed by atoms with van der Waals surface area (Å²) in [6.07, 6.45) is -4.56. The Morgan fingerprint density at radius 2 is 1.81 bits per heavy atom. The summed E-state index contributed by atoms with van der Waals surface area (Å²) in [5.41, 5.74) is -0.603. The summed E-state index contributed by atoms with van der Waals surface area (Å²) >= 11 is 0.864. The van der Waals surface area contributed by atoms with E-state index in [9.17, 15) is 22.8 Å². The number of hydrogen-bond acceptors (Lipinski definition) is 6. The number of nitrogens with one attached hydrogen (secondary N) is 2. The first-order valence-corrected chi connectivity index (χ1v) is 10.9. The molecule has 11 heteroatoms. The zero-order valence-electron chi connectivity index (χ0n) is 17.8. The molecule has 1 aliphatic heterocycles. The molecular formula is C20H26F3N5O2S. The van der Waals surface area contributed by atoms with E-state index >= 15 is 0 Å². The number of nitrogens with zero attached hydrogens (tertiary/aromatic N) is 3. The number of thiophene rings is 1. The summed E-state index contributed by atoms with van der Waals surface area (Å²) in [5, 5.41) is 6.73. The molecule has 2 aromatic rings. The smallest absolute Gasteiger partial charge is 0.355 e. The average molecular weight is 458 g/mol. The van der Waals surface area contributed by atoms with E-state index in [4.69, 9.17) is 0 Å². The summed E-state index contributed by atoms with van der Waals surface area (Å²) in [6.45, 7) is 7.48. The third kappa shape index (κ3) is 4.93. The Morgan fingerprint density at radius 3 is 2.35 bits per heavy atom. The summed E-state index contributed by atoms with van der Waals surface area (Å²) in [7, 11) is 1.43. The van der Waals surface area contributed by atoms with Crippen LogP contribution in [-0.2, 0) is 11.0 Å². The minimum absolute atomic E-state index is 0.0353. The summed E-state index contributed by atoms with van der Waals surface area (Å²) in [5.74, 6) is -0.364. The molecule has 0 spiro atoms. The molecule has 0 aromatic carbocycles. The second-order valence-corrected chi connectivity index (χ2v) is 8.67. The van der Waals surface area contributed by atoms with Crippen LogP contribution in [0.1, 0.15) is 36.7 Å². The lowest BCUT2D eigenvalue weighted by atomic mass is 10.1. The van der Waals surface area contributed by atoms with E-state index in [2.05, 4.69) is 15.6 Å². The molecule has 3 rings (SSSR count). The molecule has 1 fully saturated rings. The fourth-order valence-electron chi connectivity index (χ4n) is 3.57. The largest absolute Gasteiger partial charge is 0.417 e. The Labute approximate surface area is 182 Å². The number of carbonyl (C=O) groups excluding carboxylic acids is 2. The van der Waals surface area contributed by atoms with Gasteiger partial charge < -0.3 is 15.5 Å². The topological polar surface area (TPSA) is 77.6 Å². The van der Waals surface area contributed by atoms with Gasteiger partial charge in [0.1, 0.15) is 5.82 Å². The summed E-state index contributed by atoms with van der Waals surface area (Å²) in [4.78, 5) is 32.6. The summed E-state index contributed by atoms with van der Waals surface area (Å²) in [6, 6.07) is 0.757. The number of hydrogen-bond donors (Lipinski definition) is 2. The molecule has 0 radical (unpaired) electrons. The van der Waals surface area contributed by atoms with Gasteiger partial charge in [0, 0.05) is 44.6 Å². The lowest BCUT2D eigenvalue weighted by Gasteiger charge is -2.38. The zero-order valence-corrected chi connectivity index (χ0v) is 18.7. The highest BCUT2D eigenvalue weighted by atomic mass is 32.1. The molecule has 1 saturated heterocycles.